The van der Waals surface area contributed by atoms with Crippen LogP contribution in [0.3, 0.4) is 0 Å². The molecule has 0 spiro atoms. The van der Waals surface area contributed by atoms with Gasteiger partial charge in [0.1, 0.15) is 0 Å². The summed E-state index contributed by atoms with van der Waals surface area (Å²) in [6.07, 6.45) is 4.65. The van der Waals surface area contributed by atoms with E-state index < -0.39 is 0 Å². The topological polar surface area (TPSA) is 24.5 Å². The third-order valence-corrected chi connectivity index (χ3v) is 3.07. The Morgan fingerprint density at radius 2 is 1.92 bits per heavy atom. The summed E-state index contributed by atoms with van der Waals surface area (Å²) in [5.41, 5.74) is 0. The molecule has 2 aliphatic rings. The predicted molar refractivity (Wildman–Crippen MR) is 52.9 cm³/mol. The molecule has 2 saturated heterocycles. The maximum atomic E-state index is 6.01. The molecule has 76 valence electrons. The molecule has 1 unspecified atom stereocenters. The van der Waals surface area contributed by atoms with Gasteiger partial charge in [-0.1, -0.05) is 0 Å². The van der Waals surface area contributed by atoms with Crippen molar-refractivity contribution in [2.75, 3.05) is 33.2 Å². The van der Waals surface area contributed by atoms with E-state index in [0.717, 1.165) is 13.1 Å². The molecule has 2 fully saturated rings. The van der Waals surface area contributed by atoms with Crippen LogP contribution in [-0.2, 0) is 4.74 Å². The minimum atomic E-state index is 0.494. The van der Waals surface area contributed by atoms with Gasteiger partial charge >= 0.3 is 0 Å². The van der Waals surface area contributed by atoms with Gasteiger partial charge in [0.25, 0.3) is 0 Å². The second-order valence-electron chi connectivity index (χ2n) is 4.25. The first-order chi connectivity index (χ1) is 6.34. The largest absolute Gasteiger partial charge is 0.374 e. The van der Waals surface area contributed by atoms with Crippen molar-refractivity contribution in [1.29, 1.82) is 0 Å². The van der Waals surface area contributed by atoms with Crippen molar-refractivity contribution in [2.24, 2.45) is 0 Å². The van der Waals surface area contributed by atoms with Gasteiger partial charge in [-0.3, -0.25) is 0 Å². The van der Waals surface area contributed by atoms with Gasteiger partial charge in [-0.05, 0) is 32.9 Å². The van der Waals surface area contributed by atoms with Crippen molar-refractivity contribution < 1.29 is 4.74 Å². The van der Waals surface area contributed by atoms with Crippen molar-refractivity contribution in [2.45, 2.75) is 31.5 Å². The van der Waals surface area contributed by atoms with Gasteiger partial charge < -0.3 is 15.0 Å². The van der Waals surface area contributed by atoms with Crippen LogP contribution in [0.1, 0.15) is 19.3 Å². The summed E-state index contributed by atoms with van der Waals surface area (Å²) in [7, 11) is 2.19. The molecule has 0 amide bonds. The Balaban J connectivity index is 1.69. The van der Waals surface area contributed by atoms with E-state index in [1.807, 2.05) is 0 Å². The molecule has 0 bridgehead atoms. The SMILES string of the molecule is CN1CCC(OC2CCNC2)CC1. The second kappa shape index (κ2) is 4.40. The molecule has 1 atom stereocenters. The molecule has 0 aromatic heterocycles. The lowest BCUT2D eigenvalue weighted by atomic mass is 10.1. The van der Waals surface area contributed by atoms with E-state index in [2.05, 4.69) is 17.3 Å². The van der Waals surface area contributed by atoms with Crippen LogP contribution in [0.4, 0.5) is 0 Å². The number of likely N-dealkylation sites (tertiary alicyclic amines) is 1. The van der Waals surface area contributed by atoms with E-state index in [1.54, 1.807) is 0 Å². The molecule has 3 nitrogen and oxygen atoms in total. The highest BCUT2D eigenvalue weighted by Gasteiger charge is 2.22. The van der Waals surface area contributed by atoms with Gasteiger partial charge in [0.2, 0.25) is 0 Å². The minimum Gasteiger partial charge on any atom is -0.374 e. The van der Waals surface area contributed by atoms with E-state index in [9.17, 15) is 0 Å². The van der Waals surface area contributed by atoms with Crippen LogP contribution in [-0.4, -0.2) is 50.3 Å². The van der Waals surface area contributed by atoms with Crippen LogP contribution in [0, 0.1) is 0 Å². The third kappa shape index (κ3) is 2.66. The van der Waals surface area contributed by atoms with Crippen LogP contribution in [0.25, 0.3) is 0 Å². The van der Waals surface area contributed by atoms with E-state index >= 15 is 0 Å². The maximum Gasteiger partial charge on any atom is 0.0715 e. The molecular formula is C10H20N2O. The Hall–Kier alpha value is -0.120. The molecule has 0 aromatic rings. The zero-order chi connectivity index (χ0) is 9.10. The zero-order valence-corrected chi connectivity index (χ0v) is 8.46. The molecule has 13 heavy (non-hydrogen) atoms. The third-order valence-electron chi connectivity index (χ3n) is 3.07. The predicted octanol–water partition coefficient (Wildman–Crippen LogP) is 0.459. The number of nitrogens with one attached hydrogen (secondary N) is 1. The molecule has 0 saturated carbocycles. The fourth-order valence-electron chi connectivity index (χ4n) is 2.14. The summed E-state index contributed by atoms with van der Waals surface area (Å²) < 4.78 is 6.01. The van der Waals surface area contributed by atoms with E-state index in [0.29, 0.717) is 12.2 Å². The number of hydrogen-bond donors (Lipinski definition) is 1. The number of rotatable bonds is 2. The second-order valence-corrected chi connectivity index (χ2v) is 4.25. The average Bonchev–Trinajstić information content (AvgIpc) is 2.62. The van der Waals surface area contributed by atoms with Crippen molar-refractivity contribution in [3.63, 3.8) is 0 Å². The Morgan fingerprint density at radius 1 is 1.15 bits per heavy atom. The smallest absolute Gasteiger partial charge is 0.0715 e. The molecule has 1 N–H and O–H groups in total. The number of nitrogens with zero attached hydrogens (tertiary/aromatic N) is 1. The first-order valence-corrected chi connectivity index (χ1v) is 5.39. The highest BCUT2D eigenvalue weighted by atomic mass is 16.5. The summed E-state index contributed by atoms with van der Waals surface area (Å²) in [5.74, 6) is 0. The fraction of sp³-hybridized carbons (Fsp3) is 1.00. The first kappa shape index (κ1) is 9.44. The van der Waals surface area contributed by atoms with Crippen LogP contribution in [0.5, 0.6) is 0 Å². The highest BCUT2D eigenvalue weighted by molar-refractivity contribution is 4.76. The van der Waals surface area contributed by atoms with E-state index in [4.69, 9.17) is 4.74 Å². The Labute approximate surface area is 80.4 Å². The van der Waals surface area contributed by atoms with Gasteiger partial charge in [0.05, 0.1) is 12.2 Å². The highest BCUT2D eigenvalue weighted by Crippen LogP contribution is 2.16. The van der Waals surface area contributed by atoms with Gasteiger partial charge in [-0.2, -0.15) is 0 Å². The molecule has 0 aliphatic carbocycles. The van der Waals surface area contributed by atoms with Gasteiger partial charge in [-0.25, -0.2) is 0 Å². The first-order valence-electron chi connectivity index (χ1n) is 5.39. The van der Waals surface area contributed by atoms with Gasteiger partial charge in [0.15, 0.2) is 0 Å². The molecule has 2 aliphatic heterocycles. The Morgan fingerprint density at radius 3 is 2.54 bits per heavy atom. The molecule has 2 rings (SSSR count). The normalized spacial score (nSPS) is 32.5. The standard InChI is InChI=1S/C10H20N2O/c1-12-6-3-9(4-7-12)13-10-2-5-11-8-10/h9-11H,2-8H2,1H3. The molecule has 0 radical (unpaired) electrons. The quantitative estimate of drug-likeness (QED) is 0.675. The average molecular weight is 184 g/mol. The maximum absolute atomic E-state index is 6.01. The number of ether oxygens (including phenoxy) is 1. The molecule has 3 heteroatoms. The minimum absolute atomic E-state index is 0.494. The lowest BCUT2D eigenvalue weighted by Crippen LogP contribution is -2.36. The fourth-order valence-corrected chi connectivity index (χ4v) is 2.14. The van der Waals surface area contributed by atoms with Gasteiger partial charge in [0, 0.05) is 19.6 Å². The van der Waals surface area contributed by atoms with Crippen molar-refractivity contribution >= 4 is 0 Å². The Bertz CT molecular complexity index is 149. The number of piperidine rings is 1. The summed E-state index contributed by atoms with van der Waals surface area (Å²) >= 11 is 0. The van der Waals surface area contributed by atoms with Gasteiger partial charge in [-0.15, -0.1) is 0 Å². The van der Waals surface area contributed by atoms with E-state index in [-0.39, 0.29) is 0 Å². The van der Waals surface area contributed by atoms with Crippen molar-refractivity contribution in [3.05, 3.63) is 0 Å². The zero-order valence-electron chi connectivity index (χ0n) is 8.46. The Kier molecular flexibility index (Phi) is 3.19. The summed E-state index contributed by atoms with van der Waals surface area (Å²) in [4.78, 5) is 2.38. The summed E-state index contributed by atoms with van der Waals surface area (Å²) in [6.45, 7) is 4.60. The van der Waals surface area contributed by atoms with Crippen LogP contribution in [0.15, 0.2) is 0 Å². The molecular weight excluding hydrogens is 164 g/mol. The number of hydrogen-bond acceptors (Lipinski definition) is 3. The van der Waals surface area contributed by atoms with Crippen LogP contribution >= 0.6 is 0 Å². The lowest BCUT2D eigenvalue weighted by Gasteiger charge is -2.30. The van der Waals surface area contributed by atoms with Crippen LogP contribution in [0.2, 0.25) is 0 Å². The van der Waals surface area contributed by atoms with Crippen molar-refractivity contribution in [1.82, 2.24) is 10.2 Å². The molecule has 2 heterocycles. The monoisotopic (exact) mass is 184 g/mol. The van der Waals surface area contributed by atoms with Crippen molar-refractivity contribution in [3.8, 4) is 0 Å². The summed E-state index contributed by atoms with van der Waals surface area (Å²) in [5, 5.41) is 3.34. The molecule has 0 aromatic carbocycles. The van der Waals surface area contributed by atoms with Crippen LogP contribution < -0.4 is 5.32 Å². The van der Waals surface area contributed by atoms with E-state index in [1.165, 1.54) is 32.4 Å². The lowest BCUT2D eigenvalue weighted by molar-refractivity contribution is -0.0303. The summed E-state index contributed by atoms with van der Waals surface area (Å²) in [6, 6.07) is 0.